The molecule has 2 aliphatic carbocycles. The summed E-state index contributed by atoms with van der Waals surface area (Å²) in [5.41, 5.74) is 31.3. The molecule has 0 fully saturated rings. The normalized spacial score (nSPS) is 12.9. The highest BCUT2D eigenvalue weighted by atomic mass is 79.9. The molecule has 0 saturated heterocycles. The zero-order valence-electron chi connectivity index (χ0n) is 67.9. The third kappa shape index (κ3) is 11.8. The van der Waals surface area contributed by atoms with E-state index in [0.29, 0.717) is 0 Å². The van der Waals surface area contributed by atoms with Crippen molar-refractivity contribution in [2.24, 2.45) is 0 Å². The largest absolute Gasteiger partial charge is 0.457 e. The molecule has 7 heteroatoms. The van der Waals surface area contributed by atoms with Crippen LogP contribution in [-0.4, -0.2) is 9.13 Å². The summed E-state index contributed by atoms with van der Waals surface area (Å²) in [5.74, 6) is 3.62. The van der Waals surface area contributed by atoms with Gasteiger partial charge < -0.3 is 28.8 Å². The number of para-hydroxylation sites is 8. The molecule has 2 aliphatic heterocycles. The molecule has 22 aromatic rings. The van der Waals surface area contributed by atoms with Crippen LogP contribution >= 0.6 is 15.9 Å². The van der Waals surface area contributed by atoms with Gasteiger partial charge in [0.05, 0.1) is 32.9 Å². The molecule has 26 rings (SSSR count). The smallest absolute Gasteiger partial charge is 0.132 e. The number of halogens is 1. The van der Waals surface area contributed by atoms with E-state index in [4.69, 9.17) is 9.47 Å². The van der Waals surface area contributed by atoms with Crippen molar-refractivity contribution in [3.63, 3.8) is 0 Å². The number of rotatable bonds is 9. The Morgan fingerprint density at radius 2 is 0.584 bits per heavy atom. The van der Waals surface area contributed by atoms with Gasteiger partial charge >= 0.3 is 0 Å². The van der Waals surface area contributed by atoms with Gasteiger partial charge in [-0.05, 0) is 234 Å². The van der Waals surface area contributed by atoms with Gasteiger partial charge in [0.25, 0.3) is 0 Å². The molecule has 588 valence electrons. The van der Waals surface area contributed by atoms with Gasteiger partial charge in [-0.25, -0.2) is 0 Å². The van der Waals surface area contributed by atoms with E-state index in [1.165, 1.54) is 149 Å². The molecule has 125 heavy (non-hydrogen) atoms. The number of ether oxygens (including phenoxy) is 2. The summed E-state index contributed by atoms with van der Waals surface area (Å²) in [7, 11) is 0. The first-order valence-corrected chi connectivity index (χ1v) is 43.5. The minimum Gasteiger partial charge on any atom is -0.457 e. The van der Waals surface area contributed by atoms with Crippen LogP contribution in [0.2, 0.25) is 0 Å². The quantitative estimate of drug-likeness (QED) is 0.156. The number of hydrogen-bond donors (Lipinski definition) is 1. The van der Waals surface area contributed by atoms with Crippen molar-refractivity contribution in [3.8, 4) is 78.9 Å². The first-order chi connectivity index (χ1) is 61.9. The van der Waals surface area contributed by atoms with E-state index in [-0.39, 0.29) is 0 Å². The van der Waals surface area contributed by atoms with Crippen molar-refractivity contribution in [2.45, 2.75) is 10.8 Å². The number of aromatic nitrogens is 2. The average molecular weight is 1660 g/mol. The van der Waals surface area contributed by atoms with Gasteiger partial charge in [0, 0.05) is 88.1 Å². The van der Waals surface area contributed by atoms with Crippen molar-refractivity contribution in [2.75, 3.05) is 10.2 Å². The Hall–Kier alpha value is -15.8. The number of fused-ring (bicyclic) bond motifs is 28. The lowest BCUT2D eigenvalue weighted by Crippen LogP contribution is -2.32. The van der Waals surface area contributed by atoms with E-state index >= 15 is 0 Å². The van der Waals surface area contributed by atoms with Gasteiger partial charge in [0.15, 0.2) is 0 Å². The lowest BCUT2D eigenvalue weighted by molar-refractivity contribution is 0.436. The second kappa shape index (κ2) is 29.8. The highest BCUT2D eigenvalue weighted by Crippen LogP contribution is 2.66. The van der Waals surface area contributed by atoms with E-state index in [1.54, 1.807) is 0 Å². The molecule has 4 aliphatic rings. The fourth-order valence-electron chi connectivity index (χ4n) is 20.7. The van der Waals surface area contributed by atoms with Gasteiger partial charge in [-0.15, -0.1) is 0 Å². The summed E-state index contributed by atoms with van der Waals surface area (Å²) in [6, 6.07) is 166. The van der Waals surface area contributed by atoms with E-state index in [0.717, 1.165) is 72.7 Å². The molecule has 2 spiro atoms. The Morgan fingerprint density at radius 3 is 1.08 bits per heavy atom. The maximum Gasteiger partial charge on any atom is 0.132 e. The molecule has 0 amide bonds. The average Bonchev–Trinajstić information content (AvgIpc) is 1.53. The van der Waals surface area contributed by atoms with E-state index in [9.17, 15) is 0 Å². The monoisotopic (exact) mass is 1660 g/mol. The molecular formula is C118H77BrN4O2. The van der Waals surface area contributed by atoms with Gasteiger partial charge in [-0.2, -0.15) is 0 Å². The molecule has 0 bridgehead atoms. The SMILES string of the molecule is Brc1ccc2c(c1)C1(c3ccccc3Oc3ccccc31)c1ccc3ccccc3c1-2.c1ccc(-c2ccc(N(c3ccc4c(c3)C3(c5ccccc5Oc5ccccc53)c3ccc5ccccc5c3-4)c3ccc4c(c3)c3ccccc3n4-c3ccccc3)cc2)cc1.c1ccc(-c2ccc(Nc3ccc4c(c3)c3ccccc3n4-c3ccccc3)cc2)cc1. The molecule has 2 aromatic heterocycles. The maximum absolute atomic E-state index is 6.74. The Bertz CT molecular complexity index is 7930. The highest BCUT2D eigenvalue weighted by molar-refractivity contribution is 9.10. The summed E-state index contributed by atoms with van der Waals surface area (Å²) in [6.07, 6.45) is 0. The maximum atomic E-state index is 6.74. The van der Waals surface area contributed by atoms with Crippen LogP contribution in [0, 0.1) is 0 Å². The summed E-state index contributed by atoms with van der Waals surface area (Å²) >= 11 is 3.76. The third-order valence-corrected chi connectivity index (χ3v) is 26.5. The van der Waals surface area contributed by atoms with E-state index in [1.807, 2.05) is 6.07 Å². The molecular weight excluding hydrogens is 1590 g/mol. The first kappa shape index (κ1) is 73.1. The van der Waals surface area contributed by atoms with Crippen LogP contribution in [0.4, 0.5) is 28.4 Å². The van der Waals surface area contributed by atoms with Crippen LogP contribution in [0.5, 0.6) is 23.0 Å². The molecule has 6 nitrogen and oxygen atoms in total. The van der Waals surface area contributed by atoms with Crippen LogP contribution in [0.25, 0.3) is 121 Å². The van der Waals surface area contributed by atoms with Crippen LogP contribution in [0.15, 0.2) is 466 Å². The third-order valence-electron chi connectivity index (χ3n) is 26.0. The summed E-state index contributed by atoms with van der Waals surface area (Å²) in [5, 5.41) is 13.6. The Morgan fingerprint density at radius 1 is 0.232 bits per heavy atom. The topological polar surface area (TPSA) is 43.6 Å². The van der Waals surface area contributed by atoms with Gasteiger partial charge in [0.2, 0.25) is 0 Å². The Labute approximate surface area is 732 Å². The molecule has 0 atom stereocenters. The predicted molar refractivity (Wildman–Crippen MR) is 521 cm³/mol. The number of benzene rings is 20. The highest BCUT2D eigenvalue weighted by Gasteiger charge is 2.53. The summed E-state index contributed by atoms with van der Waals surface area (Å²) in [4.78, 5) is 2.44. The van der Waals surface area contributed by atoms with Crippen LogP contribution < -0.4 is 19.7 Å². The molecule has 0 radical (unpaired) electrons. The van der Waals surface area contributed by atoms with Crippen molar-refractivity contribution in [1.82, 2.24) is 9.13 Å². The van der Waals surface area contributed by atoms with E-state index in [2.05, 4.69) is 490 Å². The fraction of sp³-hybridized carbons (Fsp3) is 0.0169. The molecule has 1 N–H and O–H groups in total. The minimum absolute atomic E-state index is 0.413. The number of anilines is 5. The second-order valence-corrected chi connectivity index (χ2v) is 33.6. The Balaban J connectivity index is 0.000000116. The van der Waals surface area contributed by atoms with Crippen LogP contribution in [-0.2, 0) is 10.8 Å². The number of hydrogen-bond acceptors (Lipinski definition) is 4. The zero-order chi connectivity index (χ0) is 82.7. The fourth-order valence-corrected chi connectivity index (χ4v) is 21.1. The van der Waals surface area contributed by atoms with Gasteiger partial charge in [-0.1, -0.05) is 331 Å². The first-order valence-electron chi connectivity index (χ1n) is 42.7. The van der Waals surface area contributed by atoms with Crippen LogP contribution in [0.3, 0.4) is 0 Å². The van der Waals surface area contributed by atoms with Crippen molar-refractivity contribution in [3.05, 3.63) is 510 Å². The lowest BCUT2D eigenvalue weighted by atomic mass is 9.66. The van der Waals surface area contributed by atoms with Gasteiger partial charge in [-0.3, -0.25) is 0 Å². The Kier molecular flexibility index (Phi) is 17.5. The van der Waals surface area contributed by atoms with Crippen molar-refractivity contribution in [1.29, 1.82) is 0 Å². The summed E-state index contributed by atoms with van der Waals surface area (Å²) in [6.45, 7) is 0. The van der Waals surface area contributed by atoms with E-state index < -0.39 is 10.8 Å². The molecule has 0 unspecified atom stereocenters. The zero-order valence-corrected chi connectivity index (χ0v) is 69.5. The minimum atomic E-state index is -0.619. The predicted octanol–water partition coefficient (Wildman–Crippen LogP) is 31.8. The van der Waals surface area contributed by atoms with Crippen molar-refractivity contribution >= 4 is 110 Å². The lowest BCUT2D eigenvalue weighted by Gasteiger charge is -2.39. The molecule has 4 heterocycles. The summed E-state index contributed by atoms with van der Waals surface area (Å²) < 4.78 is 19.0. The van der Waals surface area contributed by atoms with Crippen molar-refractivity contribution < 1.29 is 9.47 Å². The van der Waals surface area contributed by atoms with Gasteiger partial charge in [0.1, 0.15) is 23.0 Å². The number of nitrogens with zero attached hydrogens (tertiary/aromatic N) is 3. The number of nitrogens with one attached hydrogen (secondary N) is 1. The molecule has 20 aromatic carbocycles. The second-order valence-electron chi connectivity index (χ2n) is 32.7. The standard InChI is InChI=1S/C59H38N2O.C30H22N2.C29H17BrO/c1-3-15-39(16-4-1)40-27-30-43(31-28-40)60(44-33-36-55-49(37-44)47-21-9-12-24-54(47)61(55)42-18-5-2-6-19-42)45-32-34-48-53(38-45)59(52-35-29-41-17-7-8-20-46(41)58(48)52)50-22-10-13-25-56(50)62-57-26-14-11-23-51(57)59;1-3-9-22(10-4-1)23-15-17-24(18-16-23)31-25-19-20-30-28(21-25)27-13-7-8-14-29(27)32(30)26-11-5-2-6-12-26;30-19-14-15-21-25(17-19)29(24-16-13-18-7-1-2-8-20(18)28(21)24)22-9-3-5-11-26(22)31-27-12-6-4-10-23(27)29/h1-38H;1-21,31H;1-17H. The van der Waals surface area contributed by atoms with Crippen LogP contribution in [0.1, 0.15) is 44.5 Å². The molecule has 0 saturated carbocycles.